The van der Waals surface area contributed by atoms with Crippen LogP contribution < -0.4 is 0 Å². The van der Waals surface area contributed by atoms with Gasteiger partial charge < -0.3 is 0 Å². The maximum absolute atomic E-state index is 5.15. The van der Waals surface area contributed by atoms with Crippen LogP contribution in [-0.2, 0) is 0 Å². The number of pyridine rings is 2. The number of fused-ring (bicyclic) bond motifs is 7. The molecular formula is C26H14Br2N2. The summed E-state index contributed by atoms with van der Waals surface area (Å²) < 4.78 is 2.03. The molecule has 0 fully saturated rings. The number of hydrogen-bond acceptors (Lipinski definition) is 2. The van der Waals surface area contributed by atoms with Crippen LogP contribution in [0.3, 0.4) is 0 Å². The molecule has 0 aliphatic carbocycles. The van der Waals surface area contributed by atoms with Gasteiger partial charge >= 0.3 is 0 Å². The number of aromatic nitrogens is 2. The first-order chi connectivity index (χ1) is 14.7. The standard InChI is InChI=1S/C26H14Br2N2/c27-15-9-10-22-21(13-15)24(23-14-16(28)11-12-29-23)25-19-7-3-1-5-17(19)18-6-2-4-8-20(18)26(25)30-22/h1-14H. The molecule has 6 rings (SSSR count). The van der Waals surface area contributed by atoms with Crippen LogP contribution in [0.25, 0.3) is 54.6 Å². The quantitative estimate of drug-likeness (QED) is 0.163. The molecule has 30 heavy (non-hydrogen) atoms. The molecule has 0 saturated carbocycles. The van der Waals surface area contributed by atoms with Crippen LogP contribution in [0.4, 0.5) is 0 Å². The summed E-state index contributed by atoms with van der Waals surface area (Å²) in [4.78, 5) is 9.90. The second-order valence-corrected chi connectivity index (χ2v) is 9.15. The Bertz CT molecular complexity index is 1620. The number of hydrogen-bond donors (Lipinski definition) is 0. The molecule has 0 N–H and O–H groups in total. The highest BCUT2D eigenvalue weighted by Gasteiger charge is 2.18. The van der Waals surface area contributed by atoms with Crippen molar-refractivity contribution in [3.8, 4) is 11.3 Å². The van der Waals surface area contributed by atoms with Crippen LogP contribution in [0, 0.1) is 0 Å². The van der Waals surface area contributed by atoms with Gasteiger partial charge in [-0.05, 0) is 46.5 Å². The Hall–Kier alpha value is -2.82. The zero-order valence-electron chi connectivity index (χ0n) is 15.7. The molecular weight excluding hydrogens is 500 g/mol. The van der Waals surface area contributed by atoms with E-state index in [1.54, 1.807) is 0 Å². The molecule has 0 aliphatic heterocycles. The van der Waals surface area contributed by atoms with Crippen molar-refractivity contribution in [1.82, 2.24) is 9.97 Å². The Balaban J connectivity index is 1.99. The number of benzene rings is 4. The minimum Gasteiger partial charge on any atom is -0.256 e. The molecule has 0 unspecified atom stereocenters. The third-order valence-electron chi connectivity index (χ3n) is 5.59. The first-order valence-electron chi connectivity index (χ1n) is 9.65. The van der Waals surface area contributed by atoms with Gasteiger partial charge in [0.25, 0.3) is 0 Å². The summed E-state index contributed by atoms with van der Waals surface area (Å²) in [5.74, 6) is 0. The topological polar surface area (TPSA) is 25.8 Å². The van der Waals surface area contributed by atoms with Crippen molar-refractivity contribution in [3.05, 3.63) is 94.0 Å². The van der Waals surface area contributed by atoms with Gasteiger partial charge in [0.15, 0.2) is 0 Å². The first kappa shape index (κ1) is 18.0. The first-order valence-corrected chi connectivity index (χ1v) is 11.2. The smallest absolute Gasteiger partial charge is 0.0801 e. The van der Waals surface area contributed by atoms with E-state index >= 15 is 0 Å². The zero-order chi connectivity index (χ0) is 20.2. The molecule has 142 valence electrons. The summed E-state index contributed by atoms with van der Waals surface area (Å²) in [6, 6.07) is 27.4. The predicted octanol–water partition coefficient (Wildman–Crippen LogP) is 8.28. The second kappa shape index (κ2) is 6.86. The van der Waals surface area contributed by atoms with Crippen LogP contribution in [-0.4, -0.2) is 9.97 Å². The molecule has 0 amide bonds. The normalized spacial score (nSPS) is 11.7. The number of halogens is 2. The summed E-state index contributed by atoms with van der Waals surface area (Å²) in [6.07, 6.45) is 1.85. The van der Waals surface area contributed by atoms with E-state index < -0.39 is 0 Å². The van der Waals surface area contributed by atoms with Gasteiger partial charge in [0.1, 0.15) is 0 Å². The number of rotatable bonds is 1. The summed E-state index contributed by atoms with van der Waals surface area (Å²) >= 11 is 7.28. The van der Waals surface area contributed by atoms with Crippen LogP contribution in [0.5, 0.6) is 0 Å². The summed E-state index contributed by atoms with van der Waals surface area (Å²) in [5, 5.41) is 7.03. The second-order valence-electron chi connectivity index (χ2n) is 7.32. The zero-order valence-corrected chi connectivity index (χ0v) is 18.9. The molecule has 0 aliphatic rings. The Labute approximate surface area is 189 Å². The van der Waals surface area contributed by atoms with Gasteiger partial charge in [-0.3, -0.25) is 4.98 Å². The minimum absolute atomic E-state index is 0.931. The lowest BCUT2D eigenvalue weighted by Gasteiger charge is -2.16. The van der Waals surface area contributed by atoms with Gasteiger partial charge in [-0.2, -0.15) is 0 Å². The van der Waals surface area contributed by atoms with E-state index in [-0.39, 0.29) is 0 Å². The van der Waals surface area contributed by atoms with Gasteiger partial charge in [0.2, 0.25) is 0 Å². The fraction of sp³-hybridized carbons (Fsp3) is 0. The van der Waals surface area contributed by atoms with Crippen LogP contribution in [0.15, 0.2) is 94.0 Å². The van der Waals surface area contributed by atoms with Gasteiger partial charge in [0.05, 0.1) is 16.7 Å². The predicted molar refractivity (Wildman–Crippen MR) is 133 cm³/mol. The van der Waals surface area contributed by atoms with Crippen molar-refractivity contribution in [2.45, 2.75) is 0 Å². The Morgan fingerprint density at radius 2 is 1.27 bits per heavy atom. The van der Waals surface area contributed by atoms with Crippen LogP contribution >= 0.6 is 31.9 Å². The van der Waals surface area contributed by atoms with Crippen molar-refractivity contribution in [2.75, 3.05) is 0 Å². The van der Waals surface area contributed by atoms with E-state index in [4.69, 9.17) is 9.97 Å². The minimum atomic E-state index is 0.931. The molecule has 0 radical (unpaired) electrons. The van der Waals surface area contributed by atoms with E-state index in [2.05, 4.69) is 98.6 Å². The lowest BCUT2D eigenvalue weighted by Crippen LogP contribution is -1.94. The summed E-state index contributed by atoms with van der Waals surface area (Å²) in [5.41, 5.74) is 4.01. The molecule has 2 nitrogen and oxygen atoms in total. The average Bonchev–Trinajstić information content (AvgIpc) is 2.78. The van der Waals surface area contributed by atoms with Gasteiger partial charge in [-0.1, -0.05) is 80.4 Å². The molecule has 0 saturated heterocycles. The molecule has 6 aromatic rings. The third-order valence-corrected chi connectivity index (χ3v) is 6.58. The highest BCUT2D eigenvalue weighted by Crippen LogP contribution is 2.42. The van der Waals surface area contributed by atoms with E-state index in [0.717, 1.165) is 47.4 Å². The van der Waals surface area contributed by atoms with Crippen molar-refractivity contribution in [1.29, 1.82) is 0 Å². The summed E-state index contributed by atoms with van der Waals surface area (Å²) in [7, 11) is 0. The fourth-order valence-electron chi connectivity index (χ4n) is 4.36. The average molecular weight is 514 g/mol. The van der Waals surface area contributed by atoms with Crippen LogP contribution in [0.2, 0.25) is 0 Å². The van der Waals surface area contributed by atoms with Gasteiger partial charge in [-0.15, -0.1) is 0 Å². The van der Waals surface area contributed by atoms with E-state index in [9.17, 15) is 0 Å². The molecule has 4 aromatic carbocycles. The maximum atomic E-state index is 5.15. The molecule has 4 heteroatoms. The summed E-state index contributed by atoms with van der Waals surface area (Å²) in [6.45, 7) is 0. The van der Waals surface area contributed by atoms with Crippen molar-refractivity contribution in [3.63, 3.8) is 0 Å². The molecule has 0 spiro atoms. The Morgan fingerprint density at radius 3 is 2.03 bits per heavy atom. The van der Waals surface area contributed by atoms with Crippen molar-refractivity contribution >= 4 is 75.2 Å². The lowest BCUT2D eigenvalue weighted by atomic mass is 9.91. The molecule has 2 heterocycles. The Morgan fingerprint density at radius 1 is 0.600 bits per heavy atom. The van der Waals surface area contributed by atoms with Crippen molar-refractivity contribution in [2.24, 2.45) is 0 Å². The van der Waals surface area contributed by atoms with Gasteiger partial charge in [-0.25, -0.2) is 4.98 Å². The number of nitrogens with zero attached hydrogens (tertiary/aromatic N) is 2. The highest BCUT2D eigenvalue weighted by molar-refractivity contribution is 9.10. The van der Waals surface area contributed by atoms with Gasteiger partial charge in [0, 0.05) is 36.9 Å². The molecule has 2 aromatic heterocycles. The SMILES string of the molecule is Brc1ccnc(-c2c3cc(Br)ccc3nc3c4ccccc4c4ccccc4c23)c1. The molecule has 0 atom stereocenters. The largest absolute Gasteiger partial charge is 0.256 e. The lowest BCUT2D eigenvalue weighted by molar-refractivity contribution is 1.32. The fourth-order valence-corrected chi connectivity index (χ4v) is 5.06. The van der Waals surface area contributed by atoms with E-state index in [1.165, 1.54) is 16.2 Å². The molecule has 0 bridgehead atoms. The van der Waals surface area contributed by atoms with E-state index in [0.29, 0.717) is 0 Å². The van der Waals surface area contributed by atoms with Crippen molar-refractivity contribution < 1.29 is 0 Å². The third kappa shape index (κ3) is 2.68. The van der Waals surface area contributed by atoms with Crippen LogP contribution in [0.1, 0.15) is 0 Å². The Kier molecular flexibility index (Phi) is 4.12. The van der Waals surface area contributed by atoms with E-state index in [1.807, 2.05) is 18.3 Å². The maximum Gasteiger partial charge on any atom is 0.0801 e. The monoisotopic (exact) mass is 512 g/mol. The highest BCUT2D eigenvalue weighted by atomic mass is 79.9.